The zero-order chi connectivity index (χ0) is 24.4. The number of sulfonamides is 1. The van der Waals surface area contributed by atoms with Gasteiger partial charge in [0, 0.05) is 13.1 Å². The molecule has 180 valence electrons. The van der Waals surface area contributed by atoms with Crippen LogP contribution in [0.1, 0.15) is 37.8 Å². The molecule has 1 N–H and O–H groups in total. The Balaban J connectivity index is 2.26. The summed E-state index contributed by atoms with van der Waals surface area (Å²) in [6.45, 7) is 6.05. The van der Waals surface area contributed by atoms with Crippen LogP contribution in [0.2, 0.25) is 0 Å². The number of hydrogen-bond acceptors (Lipinski definition) is 4. The van der Waals surface area contributed by atoms with E-state index in [0.29, 0.717) is 25.2 Å². The minimum atomic E-state index is -3.71. The monoisotopic (exact) mass is 473 g/mol. The van der Waals surface area contributed by atoms with E-state index in [4.69, 9.17) is 0 Å². The summed E-state index contributed by atoms with van der Waals surface area (Å²) in [4.78, 5) is 27.6. The summed E-state index contributed by atoms with van der Waals surface area (Å²) in [6, 6.07) is 16.0. The van der Waals surface area contributed by atoms with Gasteiger partial charge in [0.15, 0.2) is 0 Å². The first-order chi connectivity index (χ1) is 15.6. The van der Waals surface area contributed by atoms with Crippen molar-refractivity contribution in [2.24, 2.45) is 0 Å². The Morgan fingerprint density at radius 1 is 1.06 bits per heavy atom. The van der Waals surface area contributed by atoms with Crippen LogP contribution in [0.25, 0.3) is 0 Å². The van der Waals surface area contributed by atoms with Gasteiger partial charge in [-0.3, -0.25) is 13.9 Å². The summed E-state index contributed by atoms with van der Waals surface area (Å²) in [7, 11) is -3.71. The molecule has 1 atom stereocenters. The number of carbonyl (C=O) groups is 2. The number of unbranched alkanes of at least 4 members (excludes halogenated alkanes) is 1. The predicted molar refractivity (Wildman–Crippen MR) is 133 cm³/mol. The molecular weight excluding hydrogens is 438 g/mol. The quantitative estimate of drug-likeness (QED) is 0.480. The number of rotatable bonds is 12. The van der Waals surface area contributed by atoms with Crippen molar-refractivity contribution in [3.63, 3.8) is 0 Å². The normalized spacial score (nSPS) is 12.1. The highest BCUT2D eigenvalue weighted by Gasteiger charge is 2.29. The van der Waals surface area contributed by atoms with Gasteiger partial charge in [-0.15, -0.1) is 0 Å². The number of benzene rings is 2. The second kappa shape index (κ2) is 12.4. The van der Waals surface area contributed by atoms with Crippen LogP contribution in [0, 0.1) is 6.92 Å². The zero-order valence-electron chi connectivity index (χ0n) is 20.0. The predicted octanol–water partition coefficient (Wildman–Crippen LogP) is 3.14. The maximum absolute atomic E-state index is 13.4. The van der Waals surface area contributed by atoms with Gasteiger partial charge in [0.1, 0.15) is 12.6 Å². The molecule has 0 bridgehead atoms. The molecule has 0 aliphatic heterocycles. The number of anilines is 1. The van der Waals surface area contributed by atoms with Crippen molar-refractivity contribution >= 4 is 27.5 Å². The lowest BCUT2D eigenvalue weighted by atomic mass is 10.1. The smallest absolute Gasteiger partial charge is 0.244 e. The molecule has 0 fully saturated rings. The van der Waals surface area contributed by atoms with Gasteiger partial charge in [-0.1, -0.05) is 55.8 Å². The summed E-state index contributed by atoms with van der Waals surface area (Å²) >= 11 is 0. The van der Waals surface area contributed by atoms with Crippen LogP contribution in [-0.4, -0.2) is 57.1 Å². The number of amides is 2. The third-order valence-corrected chi connectivity index (χ3v) is 6.59. The lowest BCUT2D eigenvalue weighted by molar-refractivity contribution is -0.138. The molecule has 0 radical (unpaired) electrons. The topological polar surface area (TPSA) is 86.8 Å². The lowest BCUT2D eigenvalue weighted by Gasteiger charge is -2.31. The van der Waals surface area contributed by atoms with E-state index in [1.165, 1.54) is 4.90 Å². The van der Waals surface area contributed by atoms with Gasteiger partial charge in [-0.25, -0.2) is 8.42 Å². The molecule has 2 aromatic rings. The molecule has 8 heteroatoms. The Hall–Kier alpha value is -2.87. The molecule has 33 heavy (non-hydrogen) atoms. The van der Waals surface area contributed by atoms with Crippen LogP contribution in [0.3, 0.4) is 0 Å². The molecule has 2 rings (SSSR count). The van der Waals surface area contributed by atoms with Crippen molar-refractivity contribution in [3.8, 4) is 0 Å². The lowest BCUT2D eigenvalue weighted by Crippen LogP contribution is -2.52. The fourth-order valence-electron chi connectivity index (χ4n) is 3.50. The maximum Gasteiger partial charge on any atom is 0.244 e. The van der Waals surface area contributed by atoms with Gasteiger partial charge in [0.05, 0.1) is 11.9 Å². The first-order valence-electron chi connectivity index (χ1n) is 11.3. The molecule has 0 aliphatic rings. The van der Waals surface area contributed by atoms with Crippen molar-refractivity contribution in [2.75, 3.05) is 30.2 Å². The fourth-order valence-corrected chi connectivity index (χ4v) is 4.34. The van der Waals surface area contributed by atoms with Crippen LogP contribution >= 0.6 is 0 Å². The molecule has 0 saturated heterocycles. The largest absolute Gasteiger partial charge is 0.354 e. The van der Waals surface area contributed by atoms with Crippen molar-refractivity contribution < 1.29 is 18.0 Å². The van der Waals surface area contributed by atoms with Crippen molar-refractivity contribution in [2.45, 2.75) is 46.1 Å². The van der Waals surface area contributed by atoms with Crippen LogP contribution in [0.5, 0.6) is 0 Å². The Labute approximate surface area is 197 Å². The number of carbonyl (C=O) groups excluding carboxylic acids is 2. The van der Waals surface area contributed by atoms with Crippen LogP contribution in [0.4, 0.5) is 5.69 Å². The van der Waals surface area contributed by atoms with Gasteiger partial charge in [-0.2, -0.15) is 0 Å². The highest BCUT2D eigenvalue weighted by Crippen LogP contribution is 2.19. The highest BCUT2D eigenvalue weighted by atomic mass is 32.2. The Morgan fingerprint density at radius 2 is 1.76 bits per heavy atom. The third-order valence-electron chi connectivity index (χ3n) is 5.45. The average molecular weight is 474 g/mol. The van der Waals surface area contributed by atoms with Gasteiger partial charge in [-0.05, 0) is 49.9 Å². The Kier molecular flexibility index (Phi) is 9.91. The standard InChI is InChI=1S/C25H35N3O4S/c1-5-6-16-26-25(30)21(3)27(17-15-22-12-8-7-9-13-22)24(29)19-28(33(4,31)32)23-14-10-11-20(2)18-23/h7-14,18,21H,5-6,15-17,19H2,1-4H3,(H,26,30)/t21-/m1/s1. The zero-order valence-corrected chi connectivity index (χ0v) is 20.8. The fraction of sp³-hybridized carbons (Fsp3) is 0.440. The Morgan fingerprint density at radius 3 is 2.36 bits per heavy atom. The molecule has 0 spiro atoms. The minimum Gasteiger partial charge on any atom is -0.354 e. The molecular formula is C25H35N3O4S. The van der Waals surface area contributed by atoms with Gasteiger partial charge in [0.25, 0.3) is 0 Å². The maximum atomic E-state index is 13.4. The first-order valence-corrected chi connectivity index (χ1v) is 13.1. The van der Waals surface area contributed by atoms with Crippen LogP contribution in [0.15, 0.2) is 54.6 Å². The third kappa shape index (κ3) is 8.20. The van der Waals surface area contributed by atoms with E-state index in [-0.39, 0.29) is 12.5 Å². The van der Waals surface area contributed by atoms with E-state index in [2.05, 4.69) is 5.32 Å². The highest BCUT2D eigenvalue weighted by molar-refractivity contribution is 7.92. The summed E-state index contributed by atoms with van der Waals surface area (Å²) < 4.78 is 26.2. The number of nitrogens with one attached hydrogen (secondary N) is 1. The molecule has 2 amide bonds. The molecule has 0 aliphatic carbocycles. The van der Waals surface area contributed by atoms with E-state index < -0.39 is 22.0 Å². The summed E-state index contributed by atoms with van der Waals surface area (Å²) in [5, 5.41) is 2.87. The van der Waals surface area contributed by atoms with E-state index in [1.54, 1.807) is 25.1 Å². The van der Waals surface area contributed by atoms with Crippen LogP contribution in [-0.2, 0) is 26.0 Å². The van der Waals surface area contributed by atoms with Crippen molar-refractivity contribution in [3.05, 3.63) is 65.7 Å². The van der Waals surface area contributed by atoms with Crippen LogP contribution < -0.4 is 9.62 Å². The van der Waals surface area contributed by atoms with Crippen molar-refractivity contribution in [1.29, 1.82) is 0 Å². The van der Waals surface area contributed by atoms with Crippen molar-refractivity contribution in [1.82, 2.24) is 10.2 Å². The SMILES string of the molecule is CCCCNC(=O)[C@@H](C)N(CCc1ccccc1)C(=O)CN(c1cccc(C)c1)S(C)(=O)=O. The number of nitrogens with zero attached hydrogens (tertiary/aromatic N) is 2. The second-order valence-electron chi connectivity index (χ2n) is 8.25. The average Bonchev–Trinajstić information content (AvgIpc) is 2.77. The van der Waals surface area contributed by atoms with E-state index in [0.717, 1.165) is 34.5 Å². The number of aryl methyl sites for hydroxylation is 1. The van der Waals surface area contributed by atoms with E-state index in [9.17, 15) is 18.0 Å². The van der Waals surface area contributed by atoms with Gasteiger partial charge >= 0.3 is 0 Å². The summed E-state index contributed by atoms with van der Waals surface area (Å²) in [6.07, 6.45) is 3.44. The van der Waals surface area contributed by atoms with Gasteiger partial charge < -0.3 is 10.2 Å². The van der Waals surface area contributed by atoms with E-state index in [1.807, 2.05) is 50.2 Å². The van der Waals surface area contributed by atoms with E-state index >= 15 is 0 Å². The Bertz CT molecular complexity index is 1020. The molecule has 0 saturated carbocycles. The number of hydrogen-bond donors (Lipinski definition) is 1. The minimum absolute atomic E-state index is 0.244. The molecule has 0 aromatic heterocycles. The first kappa shape index (κ1) is 26.4. The summed E-state index contributed by atoms with van der Waals surface area (Å²) in [5.74, 6) is -0.665. The molecule has 0 unspecified atom stereocenters. The van der Waals surface area contributed by atoms with Gasteiger partial charge in [0.2, 0.25) is 21.8 Å². The summed E-state index contributed by atoms with van der Waals surface area (Å²) in [5.41, 5.74) is 2.35. The molecule has 2 aromatic carbocycles. The molecule has 7 nitrogen and oxygen atoms in total. The second-order valence-corrected chi connectivity index (χ2v) is 10.2. The molecule has 0 heterocycles.